The number of hydrogen-bond donors (Lipinski definition) is 1. The van der Waals surface area contributed by atoms with Crippen molar-refractivity contribution in [1.82, 2.24) is 15.3 Å². The number of rotatable bonds is 11. The van der Waals surface area contributed by atoms with Crippen LogP contribution in [0.25, 0.3) is 6.08 Å². The second-order valence-electron chi connectivity index (χ2n) is 7.34. The molecule has 0 fully saturated rings. The summed E-state index contributed by atoms with van der Waals surface area (Å²) in [5.41, 5.74) is 0.405. The van der Waals surface area contributed by atoms with E-state index in [4.69, 9.17) is 25.8 Å². The number of pyridine rings is 1. The van der Waals surface area contributed by atoms with Crippen molar-refractivity contribution in [2.24, 2.45) is 0 Å². The first-order chi connectivity index (χ1) is 16.9. The minimum Gasteiger partial charge on any atom is -0.494 e. The van der Waals surface area contributed by atoms with Crippen molar-refractivity contribution in [3.63, 3.8) is 0 Å². The number of thiazole rings is 1. The first-order valence-corrected chi connectivity index (χ1v) is 12.3. The van der Waals surface area contributed by atoms with Crippen LogP contribution >= 0.6 is 22.9 Å². The van der Waals surface area contributed by atoms with E-state index in [2.05, 4.69) is 15.3 Å². The summed E-state index contributed by atoms with van der Waals surface area (Å²) in [6.45, 7) is 6.43. The largest absolute Gasteiger partial charge is 0.494 e. The molecular formula is C25H26ClN3O5S. The molecular weight excluding hydrogens is 490 g/mol. The van der Waals surface area contributed by atoms with Crippen molar-refractivity contribution in [2.45, 2.75) is 33.2 Å². The Morgan fingerprint density at radius 2 is 2.03 bits per heavy atom. The van der Waals surface area contributed by atoms with Crippen LogP contribution in [0.1, 0.15) is 52.9 Å². The number of carbonyl (C=O) groups excluding carboxylic acids is 2. The standard InChI is InChI=1S/C25H26ClN3O5S/c1-4-12-33-18-7-9-22(20(26)14-18)34-25-28-15-19(35-25)8-6-16(3)29-23(30)17-10-11-27-21(13-17)24(31)32-5-2/h6-11,13-16H,4-5,12H2,1-3H3,(H,29,30)/t16-/m0/s1. The molecule has 2 aromatic heterocycles. The normalized spacial score (nSPS) is 11.8. The van der Waals surface area contributed by atoms with Crippen molar-refractivity contribution in [3.05, 3.63) is 70.0 Å². The van der Waals surface area contributed by atoms with Crippen LogP contribution in [-0.4, -0.2) is 41.1 Å². The summed E-state index contributed by atoms with van der Waals surface area (Å²) in [6, 6.07) is 7.92. The van der Waals surface area contributed by atoms with E-state index in [1.165, 1.54) is 29.7 Å². The van der Waals surface area contributed by atoms with Crippen molar-refractivity contribution in [3.8, 4) is 16.7 Å². The van der Waals surface area contributed by atoms with Crippen LogP contribution < -0.4 is 14.8 Å². The van der Waals surface area contributed by atoms with Gasteiger partial charge in [-0.1, -0.05) is 35.9 Å². The van der Waals surface area contributed by atoms with Gasteiger partial charge in [-0.2, -0.15) is 0 Å². The lowest BCUT2D eigenvalue weighted by molar-refractivity contribution is 0.0519. The zero-order chi connectivity index (χ0) is 25.2. The van der Waals surface area contributed by atoms with Crippen LogP contribution in [0, 0.1) is 0 Å². The van der Waals surface area contributed by atoms with Crippen molar-refractivity contribution in [1.29, 1.82) is 0 Å². The summed E-state index contributed by atoms with van der Waals surface area (Å²) in [5.74, 6) is 0.275. The summed E-state index contributed by atoms with van der Waals surface area (Å²) in [6.07, 6.45) is 7.66. The molecule has 1 atom stereocenters. The van der Waals surface area contributed by atoms with Gasteiger partial charge in [0.15, 0.2) is 0 Å². The number of esters is 1. The number of nitrogens with zero attached hydrogens (tertiary/aromatic N) is 2. The number of ether oxygens (including phenoxy) is 3. The Balaban J connectivity index is 1.56. The Kier molecular flexibility index (Phi) is 9.63. The van der Waals surface area contributed by atoms with E-state index in [9.17, 15) is 9.59 Å². The van der Waals surface area contributed by atoms with Gasteiger partial charge in [0.25, 0.3) is 11.1 Å². The fourth-order valence-corrected chi connectivity index (χ4v) is 3.73. The maximum Gasteiger partial charge on any atom is 0.356 e. The summed E-state index contributed by atoms with van der Waals surface area (Å²) in [7, 11) is 0. The highest BCUT2D eigenvalue weighted by Crippen LogP contribution is 2.34. The smallest absolute Gasteiger partial charge is 0.356 e. The number of aromatic nitrogens is 2. The topological polar surface area (TPSA) is 99.6 Å². The van der Waals surface area contributed by atoms with Gasteiger partial charge in [0.2, 0.25) is 0 Å². The van der Waals surface area contributed by atoms with E-state index in [1.807, 2.05) is 26.0 Å². The van der Waals surface area contributed by atoms with Crippen LogP contribution in [0.15, 0.2) is 48.8 Å². The number of carbonyl (C=O) groups is 2. The lowest BCUT2D eigenvalue weighted by Crippen LogP contribution is -2.31. The predicted molar refractivity (Wildman–Crippen MR) is 136 cm³/mol. The molecule has 0 radical (unpaired) electrons. The molecule has 0 spiro atoms. The SMILES string of the molecule is CCCOc1ccc(Oc2ncc(C=C[C@H](C)NC(=O)c3ccnc(C(=O)OCC)c3)s2)c(Cl)c1. The Morgan fingerprint density at radius 3 is 2.77 bits per heavy atom. The first-order valence-electron chi connectivity index (χ1n) is 11.1. The molecule has 3 rings (SSSR count). The Labute approximate surface area is 212 Å². The molecule has 8 nitrogen and oxygen atoms in total. The van der Waals surface area contributed by atoms with Gasteiger partial charge in [0.1, 0.15) is 17.2 Å². The van der Waals surface area contributed by atoms with Crippen molar-refractivity contribution >= 4 is 40.9 Å². The first kappa shape index (κ1) is 26.2. The van der Waals surface area contributed by atoms with Gasteiger partial charge >= 0.3 is 5.97 Å². The lowest BCUT2D eigenvalue weighted by atomic mass is 10.2. The molecule has 1 amide bonds. The van der Waals surface area contributed by atoms with Crippen molar-refractivity contribution in [2.75, 3.05) is 13.2 Å². The van der Waals surface area contributed by atoms with Gasteiger partial charge in [-0.3, -0.25) is 4.79 Å². The number of hydrogen-bond acceptors (Lipinski definition) is 8. The monoisotopic (exact) mass is 515 g/mol. The number of nitrogens with one attached hydrogen (secondary N) is 1. The average Bonchev–Trinajstić information content (AvgIpc) is 3.30. The number of benzene rings is 1. The van der Waals surface area contributed by atoms with Gasteiger partial charge < -0.3 is 19.5 Å². The minimum absolute atomic E-state index is 0.0862. The molecule has 3 aromatic rings. The summed E-state index contributed by atoms with van der Waals surface area (Å²) >= 11 is 7.64. The molecule has 1 aromatic carbocycles. The maximum atomic E-state index is 12.5. The summed E-state index contributed by atoms with van der Waals surface area (Å²) in [5, 5.41) is 3.73. The highest BCUT2D eigenvalue weighted by Gasteiger charge is 2.14. The Bertz CT molecular complexity index is 1200. The van der Waals surface area contributed by atoms with E-state index in [0.29, 0.717) is 33.9 Å². The van der Waals surface area contributed by atoms with Gasteiger partial charge in [0.05, 0.1) is 23.1 Å². The van der Waals surface area contributed by atoms with Crippen LogP contribution in [0.5, 0.6) is 16.7 Å². The third kappa shape index (κ3) is 7.80. The van der Waals surface area contributed by atoms with Crippen LogP contribution in [0.3, 0.4) is 0 Å². The molecule has 10 heteroatoms. The van der Waals surface area contributed by atoms with Crippen LogP contribution in [0.2, 0.25) is 5.02 Å². The fraction of sp³-hybridized carbons (Fsp3) is 0.280. The zero-order valence-corrected chi connectivity index (χ0v) is 21.2. The lowest BCUT2D eigenvalue weighted by Gasteiger charge is -2.10. The Morgan fingerprint density at radius 1 is 1.20 bits per heavy atom. The minimum atomic E-state index is -0.569. The van der Waals surface area contributed by atoms with Gasteiger partial charge in [-0.15, -0.1) is 0 Å². The quantitative estimate of drug-likeness (QED) is 0.323. The predicted octanol–water partition coefficient (Wildman–Crippen LogP) is 5.78. The van der Waals surface area contributed by atoms with Gasteiger partial charge in [-0.05, 0) is 50.6 Å². The molecule has 0 aliphatic rings. The third-order valence-electron chi connectivity index (χ3n) is 4.49. The van der Waals surface area contributed by atoms with E-state index in [-0.39, 0.29) is 24.2 Å². The van der Waals surface area contributed by atoms with Crippen molar-refractivity contribution < 1.29 is 23.8 Å². The van der Waals surface area contributed by atoms with E-state index in [1.54, 1.807) is 31.3 Å². The molecule has 0 unspecified atom stereocenters. The highest BCUT2D eigenvalue weighted by atomic mass is 35.5. The average molecular weight is 516 g/mol. The molecule has 0 aliphatic carbocycles. The Hall–Kier alpha value is -3.43. The molecule has 0 saturated heterocycles. The van der Waals surface area contributed by atoms with E-state index < -0.39 is 5.97 Å². The number of halogens is 1. The molecule has 184 valence electrons. The van der Waals surface area contributed by atoms with E-state index >= 15 is 0 Å². The second-order valence-corrected chi connectivity index (χ2v) is 8.77. The molecule has 0 saturated carbocycles. The van der Waals surface area contributed by atoms with Gasteiger partial charge in [-0.25, -0.2) is 14.8 Å². The molecule has 1 N–H and O–H groups in total. The van der Waals surface area contributed by atoms with Crippen LogP contribution in [0.4, 0.5) is 0 Å². The second kappa shape index (κ2) is 12.9. The van der Waals surface area contributed by atoms with Gasteiger partial charge in [0, 0.05) is 30.1 Å². The fourth-order valence-electron chi connectivity index (χ4n) is 2.83. The molecule has 0 aliphatic heterocycles. The van der Waals surface area contributed by atoms with Crippen LogP contribution in [-0.2, 0) is 4.74 Å². The highest BCUT2D eigenvalue weighted by molar-refractivity contribution is 7.14. The molecule has 35 heavy (non-hydrogen) atoms. The maximum absolute atomic E-state index is 12.5. The molecule has 2 heterocycles. The molecule has 0 bridgehead atoms. The zero-order valence-electron chi connectivity index (χ0n) is 19.6. The van der Waals surface area contributed by atoms with E-state index in [0.717, 1.165) is 11.3 Å². The summed E-state index contributed by atoms with van der Waals surface area (Å²) in [4.78, 5) is 33.4. The number of amides is 1. The third-order valence-corrected chi connectivity index (χ3v) is 5.63. The summed E-state index contributed by atoms with van der Waals surface area (Å²) < 4.78 is 16.3.